The number of amides is 1. The topological polar surface area (TPSA) is 92.5 Å². The van der Waals surface area contributed by atoms with Crippen molar-refractivity contribution in [2.24, 2.45) is 5.73 Å². The van der Waals surface area contributed by atoms with Gasteiger partial charge in [0.05, 0.1) is 11.3 Å². The van der Waals surface area contributed by atoms with E-state index in [4.69, 9.17) is 17.3 Å². The molecule has 8 heteroatoms. The van der Waals surface area contributed by atoms with E-state index in [9.17, 15) is 13.2 Å². The van der Waals surface area contributed by atoms with Crippen LogP contribution in [0, 0.1) is 0 Å². The average molecular weight is 464 g/mol. The van der Waals surface area contributed by atoms with Gasteiger partial charge < -0.3 is 11.1 Å². The molecule has 2 aromatic rings. The lowest BCUT2D eigenvalue weighted by Gasteiger charge is -2.35. The van der Waals surface area contributed by atoms with Gasteiger partial charge >= 0.3 is 0 Å². The normalized spacial score (nSPS) is 19.5. The third-order valence-corrected chi connectivity index (χ3v) is 8.27. The zero-order valence-corrected chi connectivity index (χ0v) is 19.5. The predicted molar refractivity (Wildman–Crippen MR) is 124 cm³/mol. The van der Waals surface area contributed by atoms with Crippen molar-refractivity contribution in [3.8, 4) is 0 Å². The molecule has 1 aliphatic rings. The summed E-state index contributed by atoms with van der Waals surface area (Å²) in [5, 5.41) is 3.72. The Morgan fingerprint density at radius 1 is 1.13 bits per heavy atom. The molecule has 0 aliphatic heterocycles. The monoisotopic (exact) mass is 463 g/mol. The lowest BCUT2D eigenvalue weighted by Crippen LogP contribution is -2.39. The number of hydrogen-bond acceptors (Lipinski definition) is 4. The van der Waals surface area contributed by atoms with Crippen molar-refractivity contribution < 1.29 is 13.2 Å². The highest BCUT2D eigenvalue weighted by Crippen LogP contribution is 2.37. The molecular weight excluding hydrogens is 434 g/mol. The van der Waals surface area contributed by atoms with Crippen molar-refractivity contribution in [3.63, 3.8) is 0 Å². The molecule has 1 amide bonds. The molecule has 0 bridgehead atoms. The zero-order valence-electron chi connectivity index (χ0n) is 18.0. The summed E-state index contributed by atoms with van der Waals surface area (Å²) in [6.07, 6.45) is 3.66. The fraction of sp³-hybridized carbons (Fsp3) is 0.435. The second-order valence-electron chi connectivity index (χ2n) is 8.19. The van der Waals surface area contributed by atoms with Crippen LogP contribution in [0.25, 0.3) is 0 Å². The summed E-state index contributed by atoms with van der Waals surface area (Å²) in [7, 11) is 0.0170. The number of nitrogens with two attached hydrogens (primary N) is 1. The minimum absolute atomic E-state index is 0.0289. The Labute approximate surface area is 189 Å². The number of primary amides is 1. The summed E-state index contributed by atoms with van der Waals surface area (Å²) in [5.41, 5.74) is 8.70. The van der Waals surface area contributed by atoms with Crippen molar-refractivity contribution in [1.29, 1.82) is 0 Å². The van der Waals surface area contributed by atoms with E-state index in [1.807, 2.05) is 13.1 Å². The van der Waals surface area contributed by atoms with Crippen LogP contribution >= 0.6 is 11.6 Å². The Balaban J connectivity index is 1.71. The summed E-state index contributed by atoms with van der Waals surface area (Å²) in [6.45, 7) is 0.715. The highest BCUT2D eigenvalue weighted by atomic mass is 35.5. The number of benzene rings is 2. The number of hydrogen-bond donors (Lipinski definition) is 2. The standard InChI is InChI=1S/C23H30ClN3O3S/c1-26-15-18-13-16(14-23(25)28)3-12-22(18)17-4-8-20(9-5-17)27(2)31(29,30)21-10-6-19(24)7-11-21/h3,6-7,10-13,17,20,26H,4-5,8-9,14-15H2,1-2H3,(H2,25,28). The Bertz CT molecular complexity index is 1020. The summed E-state index contributed by atoms with van der Waals surface area (Å²) >= 11 is 5.90. The van der Waals surface area contributed by atoms with Crippen LogP contribution in [0.15, 0.2) is 47.4 Å². The zero-order chi connectivity index (χ0) is 22.6. The molecule has 2 aromatic carbocycles. The van der Waals surface area contributed by atoms with Gasteiger partial charge in [-0.15, -0.1) is 0 Å². The van der Waals surface area contributed by atoms with Crippen LogP contribution in [0.1, 0.15) is 48.3 Å². The molecule has 0 unspecified atom stereocenters. The van der Waals surface area contributed by atoms with Crippen molar-refractivity contribution >= 4 is 27.5 Å². The van der Waals surface area contributed by atoms with Gasteiger partial charge in [-0.25, -0.2) is 8.42 Å². The van der Waals surface area contributed by atoms with E-state index in [1.165, 1.54) is 15.4 Å². The maximum absolute atomic E-state index is 13.0. The summed E-state index contributed by atoms with van der Waals surface area (Å²) in [4.78, 5) is 11.5. The van der Waals surface area contributed by atoms with Gasteiger partial charge in [-0.1, -0.05) is 29.8 Å². The van der Waals surface area contributed by atoms with E-state index in [0.717, 1.165) is 31.2 Å². The fourth-order valence-electron chi connectivity index (χ4n) is 4.43. The summed E-state index contributed by atoms with van der Waals surface area (Å²) < 4.78 is 27.5. The van der Waals surface area contributed by atoms with E-state index >= 15 is 0 Å². The maximum atomic E-state index is 13.0. The molecule has 0 aromatic heterocycles. The van der Waals surface area contributed by atoms with Crippen LogP contribution in [-0.2, 0) is 27.8 Å². The van der Waals surface area contributed by atoms with Gasteiger partial charge in [-0.2, -0.15) is 4.31 Å². The van der Waals surface area contributed by atoms with E-state index in [2.05, 4.69) is 17.4 Å². The highest BCUT2D eigenvalue weighted by Gasteiger charge is 2.32. The van der Waals surface area contributed by atoms with E-state index in [0.29, 0.717) is 17.5 Å². The average Bonchev–Trinajstić information content (AvgIpc) is 2.74. The van der Waals surface area contributed by atoms with E-state index in [1.54, 1.807) is 31.3 Å². The summed E-state index contributed by atoms with van der Waals surface area (Å²) in [5.74, 6) is 0.0301. The van der Waals surface area contributed by atoms with Crippen molar-refractivity contribution in [1.82, 2.24) is 9.62 Å². The highest BCUT2D eigenvalue weighted by molar-refractivity contribution is 7.89. The van der Waals surface area contributed by atoms with Crippen LogP contribution in [0.3, 0.4) is 0 Å². The number of carbonyl (C=O) groups is 1. The first kappa shape index (κ1) is 23.7. The van der Waals surface area contributed by atoms with Crippen LogP contribution < -0.4 is 11.1 Å². The molecule has 3 N–H and O–H groups in total. The van der Waals surface area contributed by atoms with Gasteiger partial charge in [-0.3, -0.25) is 4.79 Å². The molecular formula is C23H30ClN3O3S. The lowest BCUT2D eigenvalue weighted by molar-refractivity contribution is -0.117. The first-order chi connectivity index (χ1) is 14.7. The van der Waals surface area contributed by atoms with Crippen LogP contribution in [0.5, 0.6) is 0 Å². The Morgan fingerprint density at radius 3 is 2.35 bits per heavy atom. The van der Waals surface area contributed by atoms with Crippen LogP contribution in [0.2, 0.25) is 5.02 Å². The molecule has 0 saturated heterocycles. The number of sulfonamides is 1. The number of nitrogens with zero attached hydrogens (tertiary/aromatic N) is 1. The van der Waals surface area contributed by atoms with Gasteiger partial charge in [0.2, 0.25) is 15.9 Å². The molecule has 1 fully saturated rings. The van der Waals surface area contributed by atoms with E-state index in [-0.39, 0.29) is 23.3 Å². The molecule has 0 heterocycles. The molecule has 168 valence electrons. The van der Waals surface area contributed by atoms with Gasteiger partial charge in [0.1, 0.15) is 0 Å². The minimum Gasteiger partial charge on any atom is -0.369 e. The molecule has 1 aliphatic carbocycles. The first-order valence-corrected chi connectivity index (χ1v) is 12.3. The van der Waals surface area contributed by atoms with Crippen molar-refractivity contribution in [2.75, 3.05) is 14.1 Å². The quantitative estimate of drug-likeness (QED) is 0.627. The molecule has 1 saturated carbocycles. The van der Waals surface area contributed by atoms with Gasteiger partial charge in [0.25, 0.3) is 0 Å². The third kappa shape index (κ3) is 5.66. The second-order valence-corrected chi connectivity index (χ2v) is 10.6. The summed E-state index contributed by atoms with van der Waals surface area (Å²) in [6, 6.07) is 12.4. The Kier molecular flexibility index (Phi) is 7.75. The van der Waals surface area contributed by atoms with Gasteiger partial charge in [0.15, 0.2) is 0 Å². The predicted octanol–water partition coefficient (Wildman–Crippen LogP) is 3.43. The van der Waals surface area contributed by atoms with Gasteiger partial charge in [-0.05, 0) is 79.6 Å². The molecule has 0 radical (unpaired) electrons. The SMILES string of the molecule is CNCc1cc(CC(N)=O)ccc1C1CCC(N(C)S(=O)(=O)c2ccc(Cl)cc2)CC1. The Morgan fingerprint density at radius 2 is 1.77 bits per heavy atom. The first-order valence-electron chi connectivity index (χ1n) is 10.5. The number of rotatable bonds is 8. The molecule has 0 atom stereocenters. The fourth-order valence-corrected chi connectivity index (χ4v) is 5.97. The second kappa shape index (κ2) is 10.1. The van der Waals surface area contributed by atoms with Gasteiger partial charge in [0, 0.05) is 24.7 Å². The number of carbonyl (C=O) groups excluding carboxylic acids is 1. The van der Waals surface area contributed by atoms with Crippen LogP contribution in [-0.4, -0.2) is 38.8 Å². The molecule has 31 heavy (non-hydrogen) atoms. The number of nitrogens with one attached hydrogen (secondary N) is 1. The molecule has 0 spiro atoms. The van der Waals surface area contributed by atoms with Crippen LogP contribution in [0.4, 0.5) is 0 Å². The molecule has 3 rings (SSSR count). The van der Waals surface area contributed by atoms with E-state index < -0.39 is 10.0 Å². The lowest BCUT2D eigenvalue weighted by atomic mass is 9.79. The van der Waals surface area contributed by atoms with Crippen molar-refractivity contribution in [3.05, 3.63) is 64.2 Å². The Hall–Kier alpha value is -1.93. The largest absolute Gasteiger partial charge is 0.369 e. The third-order valence-electron chi connectivity index (χ3n) is 6.09. The molecule has 6 nitrogen and oxygen atoms in total. The smallest absolute Gasteiger partial charge is 0.243 e. The number of halogens is 1. The minimum atomic E-state index is -3.55. The van der Waals surface area contributed by atoms with Crippen molar-refractivity contribution in [2.45, 2.75) is 55.5 Å². The maximum Gasteiger partial charge on any atom is 0.243 e.